The highest BCUT2D eigenvalue weighted by Crippen LogP contribution is 2.12. The lowest BCUT2D eigenvalue weighted by Gasteiger charge is -2.25. The van der Waals surface area contributed by atoms with Gasteiger partial charge in [0.1, 0.15) is 0 Å². The maximum absolute atomic E-state index is 13.1. The number of hydrogen-bond donors (Lipinski definition) is 1. The van der Waals surface area contributed by atoms with Crippen LogP contribution in [0.3, 0.4) is 0 Å². The van der Waals surface area contributed by atoms with Crippen molar-refractivity contribution in [3.8, 4) is 0 Å². The van der Waals surface area contributed by atoms with Crippen molar-refractivity contribution >= 4 is 17.8 Å². The number of carbonyl (C=O) groups excluding carboxylic acids is 3. The van der Waals surface area contributed by atoms with E-state index in [9.17, 15) is 14.4 Å². The van der Waals surface area contributed by atoms with Crippen molar-refractivity contribution in [1.82, 2.24) is 4.90 Å². The Morgan fingerprint density at radius 1 is 0.781 bits per heavy atom. The standard InChI is InChI=1S/C26H42N2O4/c1-19(2)10-8-12-21(5)14-16-28(17-15-22(6)13-9-11-20(3)4)26(31)24(18-25(27)30)32-23(7)29/h10-11,14-15,24H,8-9,12-13,16-18H2,1-7H3,(H2,27,30)/b21-14+,22-15+. The Balaban J connectivity index is 5.47. The van der Waals surface area contributed by atoms with Gasteiger partial charge in [0.15, 0.2) is 6.10 Å². The van der Waals surface area contributed by atoms with Crippen molar-refractivity contribution in [2.75, 3.05) is 13.1 Å². The van der Waals surface area contributed by atoms with E-state index < -0.39 is 23.9 Å². The number of allylic oxidation sites excluding steroid dienone is 6. The van der Waals surface area contributed by atoms with Crippen LogP contribution in [0.25, 0.3) is 0 Å². The highest BCUT2D eigenvalue weighted by atomic mass is 16.5. The predicted octanol–water partition coefficient (Wildman–Crippen LogP) is 5.01. The third kappa shape index (κ3) is 15.2. The molecular formula is C26H42N2O4. The van der Waals surface area contributed by atoms with E-state index in [2.05, 4.69) is 39.8 Å². The molecule has 180 valence electrons. The summed E-state index contributed by atoms with van der Waals surface area (Å²) in [7, 11) is 0. The molecule has 2 N–H and O–H groups in total. The van der Waals surface area contributed by atoms with Gasteiger partial charge in [-0.3, -0.25) is 14.4 Å². The number of primary amides is 1. The van der Waals surface area contributed by atoms with Crippen molar-refractivity contribution in [2.24, 2.45) is 5.73 Å². The molecule has 0 heterocycles. The molecule has 6 heteroatoms. The Morgan fingerprint density at radius 3 is 1.56 bits per heavy atom. The molecule has 0 aromatic heterocycles. The van der Waals surface area contributed by atoms with E-state index in [1.807, 2.05) is 26.0 Å². The van der Waals surface area contributed by atoms with Crippen LogP contribution in [0.5, 0.6) is 0 Å². The number of carbonyl (C=O) groups is 3. The van der Waals surface area contributed by atoms with Gasteiger partial charge >= 0.3 is 5.97 Å². The van der Waals surface area contributed by atoms with Crippen LogP contribution in [0.2, 0.25) is 0 Å². The summed E-state index contributed by atoms with van der Waals surface area (Å²) in [5, 5.41) is 0. The second kappa shape index (κ2) is 16.1. The lowest BCUT2D eigenvalue weighted by Crippen LogP contribution is -2.43. The Kier molecular flexibility index (Phi) is 14.7. The van der Waals surface area contributed by atoms with E-state index in [0.29, 0.717) is 13.1 Å². The van der Waals surface area contributed by atoms with Crippen molar-refractivity contribution in [1.29, 1.82) is 0 Å². The van der Waals surface area contributed by atoms with Gasteiger partial charge in [-0.1, -0.05) is 46.6 Å². The molecule has 0 saturated carbocycles. The zero-order chi connectivity index (χ0) is 24.7. The minimum atomic E-state index is -1.20. The molecule has 6 nitrogen and oxygen atoms in total. The number of hydrogen-bond acceptors (Lipinski definition) is 4. The van der Waals surface area contributed by atoms with Crippen molar-refractivity contribution in [2.45, 2.75) is 86.7 Å². The second-order valence-electron chi connectivity index (χ2n) is 8.75. The van der Waals surface area contributed by atoms with Gasteiger partial charge < -0.3 is 15.4 Å². The molecule has 0 spiro atoms. The normalized spacial score (nSPS) is 12.6. The van der Waals surface area contributed by atoms with Crippen LogP contribution in [0, 0.1) is 0 Å². The molecule has 0 bridgehead atoms. The second-order valence-corrected chi connectivity index (χ2v) is 8.75. The lowest BCUT2D eigenvalue weighted by molar-refractivity contribution is -0.159. The molecule has 1 unspecified atom stereocenters. The van der Waals surface area contributed by atoms with Crippen LogP contribution in [0.15, 0.2) is 46.6 Å². The molecule has 32 heavy (non-hydrogen) atoms. The fourth-order valence-electron chi connectivity index (χ4n) is 2.93. The van der Waals surface area contributed by atoms with E-state index in [0.717, 1.165) is 25.7 Å². The van der Waals surface area contributed by atoms with Crippen molar-refractivity contribution < 1.29 is 19.1 Å². The van der Waals surface area contributed by atoms with Crippen LogP contribution in [-0.2, 0) is 19.1 Å². The van der Waals surface area contributed by atoms with Gasteiger partial charge in [0.25, 0.3) is 5.91 Å². The average molecular weight is 447 g/mol. The van der Waals surface area contributed by atoms with E-state index >= 15 is 0 Å². The van der Waals surface area contributed by atoms with Crippen LogP contribution < -0.4 is 5.73 Å². The highest BCUT2D eigenvalue weighted by Gasteiger charge is 2.28. The average Bonchev–Trinajstić information content (AvgIpc) is 2.65. The molecule has 0 fully saturated rings. The molecule has 0 aliphatic carbocycles. The van der Waals surface area contributed by atoms with Gasteiger partial charge in [-0.05, 0) is 67.2 Å². The monoisotopic (exact) mass is 446 g/mol. The predicted molar refractivity (Wildman–Crippen MR) is 131 cm³/mol. The molecule has 0 aromatic carbocycles. The first-order valence-corrected chi connectivity index (χ1v) is 11.2. The Bertz CT molecular complexity index is 696. The van der Waals surface area contributed by atoms with E-state index in [4.69, 9.17) is 10.5 Å². The Morgan fingerprint density at radius 2 is 1.22 bits per heavy atom. The summed E-state index contributed by atoms with van der Waals surface area (Å²) in [5.74, 6) is -1.72. The van der Waals surface area contributed by atoms with Crippen molar-refractivity contribution in [3.05, 3.63) is 46.6 Å². The number of rotatable bonds is 14. The van der Waals surface area contributed by atoms with Crippen LogP contribution in [0.4, 0.5) is 0 Å². The van der Waals surface area contributed by atoms with Gasteiger partial charge in [-0.2, -0.15) is 0 Å². The summed E-state index contributed by atoms with van der Waals surface area (Å²) >= 11 is 0. The number of esters is 1. The Labute approximate surface area is 194 Å². The van der Waals surface area contributed by atoms with E-state index in [1.165, 1.54) is 29.2 Å². The van der Waals surface area contributed by atoms with Crippen LogP contribution in [-0.4, -0.2) is 41.9 Å². The van der Waals surface area contributed by atoms with Crippen LogP contribution >= 0.6 is 0 Å². The highest BCUT2D eigenvalue weighted by molar-refractivity contribution is 5.88. The molecule has 2 amide bonds. The molecule has 0 aliphatic rings. The maximum atomic E-state index is 13.1. The number of ether oxygens (including phenoxy) is 1. The number of nitrogens with two attached hydrogens (primary N) is 1. The SMILES string of the molecule is CC(=O)OC(CC(N)=O)C(=O)N(C/C=C(\C)CCC=C(C)C)C/C=C(\C)CCC=C(C)C. The van der Waals surface area contributed by atoms with Gasteiger partial charge in [-0.15, -0.1) is 0 Å². The third-order valence-electron chi connectivity index (χ3n) is 4.78. The summed E-state index contributed by atoms with van der Waals surface area (Å²) in [4.78, 5) is 37.6. The molecule has 0 aliphatic heterocycles. The summed E-state index contributed by atoms with van der Waals surface area (Å²) < 4.78 is 5.11. The largest absolute Gasteiger partial charge is 0.452 e. The topological polar surface area (TPSA) is 89.7 Å². The number of nitrogens with zero attached hydrogens (tertiary/aromatic N) is 1. The molecule has 0 radical (unpaired) electrons. The summed E-state index contributed by atoms with van der Waals surface area (Å²) in [6, 6.07) is 0. The van der Waals surface area contributed by atoms with Gasteiger partial charge in [0.05, 0.1) is 6.42 Å². The molecule has 1 atom stereocenters. The van der Waals surface area contributed by atoms with Crippen molar-refractivity contribution in [3.63, 3.8) is 0 Å². The lowest BCUT2D eigenvalue weighted by atomic mass is 10.1. The molecule has 0 rings (SSSR count). The first-order valence-electron chi connectivity index (χ1n) is 11.2. The third-order valence-corrected chi connectivity index (χ3v) is 4.78. The fourth-order valence-corrected chi connectivity index (χ4v) is 2.93. The summed E-state index contributed by atoms with van der Waals surface area (Å²) in [6.07, 6.45) is 10.5. The molecule has 0 saturated heterocycles. The molecular weight excluding hydrogens is 404 g/mol. The van der Waals surface area contributed by atoms with E-state index in [-0.39, 0.29) is 6.42 Å². The maximum Gasteiger partial charge on any atom is 0.303 e. The smallest absolute Gasteiger partial charge is 0.303 e. The zero-order valence-corrected chi connectivity index (χ0v) is 21.0. The van der Waals surface area contributed by atoms with E-state index in [1.54, 1.807) is 4.90 Å². The number of amides is 2. The first kappa shape index (κ1) is 29.4. The molecule has 0 aromatic rings. The van der Waals surface area contributed by atoms with Gasteiger partial charge in [0.2, 0.25) is 5.91 Å². The first-order chi connectivity index (χ1) is 14.9. The summed E-state index contributed by atoms with van der Waals surface area (Å²) in [5.41, 5.74) is 10.2. The van der Waals surface area contributed by atoms with Gasteiger partial charge in [0, 0.05) is 20.0 Å². The minimum absolute atomic E-state index is 0.332. The fraction of sp³-hybridized carbons (Fsp3) is 0.577. The quantitative estimate of drug-likeness (QED) is 0.300. The van der Waals surface area contributed by atoms with Crippen LogP contribution in [0.1, 0.15) is 80.6 Å². The minimum Gasteiger partial charge on any atom is -0.452 e. The summed E-state index contributed by atoms with van der Waals surface area (Å²) in [6.45, 7) is 14.3. The van der Waals surface area contributed by atoms with Gasteiger partial charge in [-0.25, -0.2) is 0 Å². The Hall–Kier alpha value is -2.63. The zero-order valence-electron chi connectivity index (χ0n) is 21.0.